The molecular formula is C17H22N2O3S2. The lowest BCUT2D eigenvalue weighted by atomic mass is 9.89. The van der Waals surface area contributed by atoms with E-state index in [1.165, 1.54) is 28.6 Å². The van der Waals surface area contributed by atoms with Crippen molar-refractivity contribution in [2.24, 2.45) is 5.92 Å². The molecule has 2 aromatic rings. The van der Waals surface area contributed by atoms with Crippen LogP contribution < -0.4 is 0 Å². The lowest BCUT2D eigenvalue weighted by molar-refractivity contribution is -0.141. The predicted octanol–water partition coefficient (Wildman–Crippen LogP) is 3.49. The zero-order valence-electron chi connectivity index (χ0n) is 14.0. The molecule has 0 radical (unpaired) electrons. The van der Waals surface area contributed by atoms with Crippen molar-refractivity contribution in [1.82, 2.24) is 9.97 Å². The third kappa shape index (κ3) is 4.07. The molecule has 0 bridgehead atoms. The molecule has 1 aliphatic rings. The highest BCUT2D eigenvalue weighted by atomic mass is 32.2. The topological polar surface area (TPSA) is 61.3 Å². The molecule has 0 spiro atoms. The van der Waals surface area contributed by atoms with Gasteiger partial charge in [-0.15, -0.1) is 11.3 Å². The Hall–Kier alpha value is -1.18. The van der Waals surface area contributed by atoms with Crippen molar-refractivity contribution in [1.29, 1.82) is 0 Å². The van der Waals surface area contributed by atoms with Crippen LogP contribution in [0.3, 0.4) is 0 Å². The van der Waals surface area contributed by atoms with Crippen LogP contribution in [0.2, 0.25) is 0 Å². The van der Waals surface area contributed by atoms with Crippen LogP contribution in [0, 0.1) is 5.92 Å². The number of carbonyl (C=O) groups excluding carboxylic acids is 1. The number of esters is 1. The van der Waals surface area contributed by atoms with Gasteiger partial charge < -0.3 is 9.47 Å². The van der Waals surface area contributed by atoms with Gasteiger partial charge in [0.2, 0.25) is 0 Å². The quantitative estimate of drug-likeness (QED) is 0.323. The second-order valence-electron chi connectivity index (χ2n) is 5.92. The molecule has 0 saturated carbocycles. The molecular weight excluding hydrogens is 344 g/mol. The first-order valence-electron chi connectivity index (χ1n) is 8.30. The zero-order chi connectivity index (χ0) is 16.9. The lowest BCUT2D eigenvalue weighted by Gasteiger charge is -2.18. The molecule has 0 N–H and O–H groups in total. The van der Waals surface area contributed by atoms with E-state index in [0.717, 1.165) is 34.0 Å². The predicted molar refractivity (Wildman–Crippen MR) is 96.8 cm³/mol. The number of fused-ring (bicyclic) bond motifs is 3. The van der Waals surface area contributed by atoms with Gasteiger partial charge in [0.05, 0.1) is 12.4 Å². The Labute approximate surface area is 150 Å². The molecule has 7 heteroatoms. The monoisotopic (exact) mass is 366 g/mol. The van der Waals surface area contributed by atoms with Gasteiger partial charge in [0.15, 0.2) is 0 Å². The van der Waals surface area contributed by atoms with Gasteiger partial charge in [-0.3, -0.25) is 4.79 Å². The van der Waals surface area contributed by atoms with Crippen molar-refractivity contribution < 1.29 is 14.3 Å². The first-order valence-corrected chi connectivity index (χ1v) is 10.1. The number of aromatic nitrogens is 2. The maximum atomic E-state index is 11.8. The van der Waals surface area contributed by atoms with Crippen molar-refractivity contribution in [2.75, 3.05) is 25.6 Å². The molecule has 24 heavy (non-hydrogen) atoms. The lowest BCUT2D eigenvalue weighted by Crippen LogP contribution is -2.12. The molecule has 2 aromatic heterocycles. The maximum absolute atomic E-state index is 11.8. The van der Waals surface area contributed by atoms with E-state index in [9.17, 15) is 4.79 Å². The molecule has 2 heterocycles. The minimum absolute atomic E-state index is 0.232. The van der Waals surface area contributed by atoms with E-state index in [1.54, 1.807) is 17.7 Å². The van der Waals surface area contributed by atoms with Crippen molar-refractivity contribution in [3.63, 3.8) is 0 Å². The van der Waals surface area contributed by atoms with Gasteiger partial charge in [-0.05, 0) is 37.7 Å². The summed E-state index contributed by atoms with van der Waals surface area (Å²) in [6.45, 7) is 5.60. The van der Waals surface area contributed by atoms with Crippen molar-refractivity contribution >= 4 is 39.3 Å². The largest absolute Gasteiger partial charge is 0.463 e. The number of aryl methyl sites for hydroxylation is 1. The third-order valence-electron chi connectivity index (χ3n) is 4.08. The SMILES string of the molecule is CCOCCOC(=O)CSc1ncnc2sc3c(c12)CC[C@@H](C)C3. The Bertz CT molecular complexity index is 717. The fraction of sp³-hybridized carbons (Fsp3) is 0.588. The molecule has 0 saturated heterocycles. The molecule has 1 aliphatic carbocycles. The number of rotatable bonds is 7. The van der Waals surface area contributed by atoms with Gasteiger partial charge >= 0.3 is 5.97 Å². The minimum atomic E-state index is -0.232. The van der Waals surface area contributed by atoms with Crippen LogP contribution in [-0.2, 0) is 27.1 Å². The first kappa shape index (κ1) is 17.6. The van der Waals surface area contributed by atoms with Gasteiger partial charge in [-0.1, -0.05) is 18.7 Å². The van der Waals surface area contributed by atoms with Crippen molar-refractivity contribution in [3.05, 3.63) is 16.8 Å². The maximum Gasteiger partial charge on any atom is 0.316 e. The van der Waals surface area contributed by atoms with E-state index in [4.69, 9.17) is 9.47 Å². The molecule has 5 nitrogen and oxygen atoms in total. The number of carbonyl (C=O) groups is 1. The zero-order valence-corrected chi connectivity index (χ0v) is 15.7. The van der Waals surface area contributed by atoms with Crippen molar-refractivity contribution in [2.45, 2.75) is 38.1 Å². The highest BCUT2D eigenvalue weighted by Gasteiger charge is 2.23. The number of nitrogens with zero attached hydrogens (tertiary/aromatic N) is 2. The highest BCUT2D eigenvalue weighted by Crippen LogP contribution is 2.40. The van der Waals surface area contributed by atoms with Crippen LogP contribution in [0.5, 0.6) is 0 Å². The Balaban J connectivity index is 1.68. The smallest absolute Gasteiger partial charge is 0.316 e. The summed E-state index contributed by atoms with van der Waals surface area (Å²) in [7, 11) is 0. The van der Waals surface area contributed by atoms with Crippen LogP contribution in [-0.4, -0.2) is 41.5 Å². The molecule has 0 amide bonds. The Morgan fingerprint density at radius 2 is 2.29 bits per heavy atom. The fourth-order valence-corrected chi connectivity index (χ4v) is 5.12. The normalized spacial score (nSPS) is 17.0. The molecule has 1 atom stereocenters. The summed E-state index contributed by atoms with van der Waals surface area (Å²) in [5.74, 6) is 0.762. The summed E-state index contributed by atoms with van der Waals surface area (Å²) in [4.78, 5) is 23.2. The van der Waals surface area contributed by atoms with E-state index < -0.39 is 0 Å². The minimum Gasteiger partial charge on any atom is -0.463 e. The van der Waals surface area contributed by atoms with Crippen LogP contribution in [0.4, 0.5) is 0 Å². The van der Waals surface area contributed by atoms with Gasteiger partial charge in [0.1, 0.15) is 22.8 Å². The summed E-state index contributed by atoms with van der Waals surface area (Å²) < 4.78 is 10.3. The average molecular weight is 367 g/mol. The molecule has 3 rings (SSSR count). The summed E-state index contributed by atoms with van der Waals surface area (Å²) in [6, 6.07) is 0. The van der Waals surface area contributed by atoms with Gasteiger partial charge in [-0.2, -0.15) is 0 Å². The fourth-order valence-electron chi connectivity index (χ4n) is 2.88. The van der Waals surface area contributed by atoms with Crippen LogP contribution >= 0.6 is 23.1 Å². The molecule has 130 valence electrons. The second kappa shape index (κ2) is 8.27. The van der Waals surface area contributed by atoms with Crippen LogP contribution in [0.25, 0.3) is 10.2 Å². The van der Waals surface area contributed by atoms with Gasteiger partial charge in [0, 0.05) is 16.9 Å². The van der Waals surface area contributed by atoms with E-state index in [1.807, 2.05) is 6.92 Å². The standard InChI is InChI=1S/C17H22N2O3S2/c1-3-21-6-7-22-14(20)9-23-16-15-12-5-4-11(2)8-13(12)24-17(15)19-10-18-16/h10-11H,3-9H2,1-2H3/t11-/m1/s1. The van der Waals surface area contributed by atoms with E-state index in [2.05, 4.69) is 16.9 Å². The van der Waals surface area contributed by atoms with E-state index in [0.29, 0.717) is 19.8 Å². The highest BCUT2D eigenvalue weighted by molar-refractivity contribution is 8.00. The first-order chi connectivity index (χ1) is 11.7. The average Bonchev–Trinajstić information content (AvgIpc) is 2.94. The van der Waals surface area contributed by atoms with E-state index >= 15 is 0 Å². The molecule has 0 fully saturated rings. The van der Waals surface area contributed by atoms with Gasteiger partial charge in [0.25, 0.3) is 0 Å². The number of hydrogen-bond donors (Lipinski definition) is 0. The molecule has 0 aromatic carbocycles. The summed E-state index contributed by atoms with van der Waals surface area (Å²) in [5, 5.41) is 2.05. The summed E-state index contributed by atoms with van der Waals surface area (Å²) >= 11 is 3.21. The third-order valence-corrected chi connectivity index (χ3v) is 6.20. The Morgan fingerprint density at radius 3 is 3.12 bits per heavy atom. The Kier molecular flexibility index (Phi) is 6.08. The molecule has 0 aliphatic heterocycles. The summed E-state index contributed by atoms with van der Waals surface area (Å²) in [5.41, 5.74) is 1.39. The number of ether oxygens (including phenoxy) is 2. The number of thioether (sulfide) groups is 1. The van der Waals surface area contributed by atoms with Gasteiger partial charge in [-0.25, -0.2) is 9.97 Å². The van der Waals surface area contributed by atoms with Crippen LogP contribution in [0.15, 0.2) is 11.4 Å². The van der Waals surface area contributed by atoms with E-state index in [-0.39, 0.29) is 11.7 Å². The van der Waals surface area contributed by atoms with Crippen molar-refractivity contribution in [3.8, 4) is 0 Å². The number of hydrogen-bond acceptors (Lipinski definition) is 7. The second-order valence-corrected chi connectivity index (χ2v) is 7.96. The molecule has 0 unspecified atom stereocenters. The Morgan fingerprint density at radius 1 is 1.42 bits per heavy atom. The number of thiophene rings is 1. The summed E-state index contributed by atoms with van der Waals surface area (Å²) in [6.07, 6.45) is 5.00. The van der Waals surface area contributed by atoms with Crippen LogP contribution in [0.1, 0.15) is 30.7 Å².